The highest BCUT2D eigenvalue weighted by molar-refractivity contribution is 7.92. The number of carbonyl (C=O) groups excluding carboxylic acids is 2. The Labute approximate surface area is 252 Å². The van der Waals surface area contributed by atoms with Gasteiger partial charge in [-0.05, 0) is 61.4 Å². The molecule has 0 fully saturated rings. The Morgan fingerprint density at radius 1 is 0.833 bits per heavy atom. The molecule has 0 aromatic heterocycles. The van der Waals surface area contributed by atoms with Crippen molar-refractivity contribution in [2.24, 2.45) is 0 Å². The molecule has 0 radical (unpaired) electrons. The molecule has 0 bridgehead atoms. The molecule has 0 spiro atoms. The number of nitrogens with zero attached hydrogens (tertiary/aromatic N) is 2. The fourth-order valence-electron chi connectivity index (χ4n) is 4.71. The molecule has 4 aromatic rings. The molecule has 4 rings (SSSR count). The first kappa shape index (κ1) is 30.8. The second-order valence-corrected chi connectivity index (χ2v) is 12.2. The summed E-state index contributed by atoms with van der Waals surface area (Å²) in [6.07, 6.45) is 0.261. The molecule has 1 unspecified atom stereocenters. The summed E-state index contributed by atoms with van der Waals surface area (Å²) in [6, 6.07) is 30.5. The van der Waals surface area contributed by atoms with Crippen LogP contribution in [-0.4, -0.2) is 44.3 Å². The van der Waals surface area contributed by atoms with Crippen molar-refractivity contribution in [3.63, 3.8) is 0 Å². The third-order valence-electron chi connectivity index (χ3n) is 6.78. The second kappa shape index (κ2) is 14.2. The maximum absolute atomic E-state index is 14.3. The smallest absolute Gasteiger partial charge is 0.264 e. The normalized spacial score (nSPS) is 11.9. The lowest BCUT2D eigenvalue weighted by molar-refractivity contribution is -0.140. The van der Waals surface area contributed by atoms with Crippen LogP contribution >= 0.6 is 11.6 Å². The number of aryl methyl sites for hydroxylation is 1. The van der Waals surface area contributed by atoms with Gasteiger partial charge in [0.2, 0.25) is 11.8 Å². The number of sulfonamides is 1. The van der Waals surface area contributed by atoms with Crippen LogP contribution in [0.1, 0.15) is 23.6 Å². The van der Waals surface area contributed by atoms with Crippen molar-refractivity contribution in [2.45, 2.75) is 37.8 Å². The molecule has 4 aromatic carbocycles. The molecule has 218 valence electrons. The summed E-state index contributed by atoms with van der Waals surface area (Å²) < 4.78 is 28.9. The maximum atomic E-state index is 14.3. The Morgan fingerprint density at radius 3 is 2.07 bits per heavy atom. The van der Waals surface area contributed by atoms with Gasteiger partial charge in [0.1, 0.15) is 12.6 Å². The van der Waals surface area contributed by atoms with Gasteiger partial charge < -0.3 is 10.2 Å². The molecule has 0 aliphatic rings. The Kier molecular flexibility index (Phi) is 10.4. The molecule has 1 atom stereocenters. The number of benzene rings is 4. The summed E-state index contributed by atoms with van der Waals surface area (Å²) in [7, 11) is -4.15. The lowest BCUT2D eigenvalue weighted by atomic mass is 10.0. The van der Waals surface area contributed by atoms with Gasteiger partial charge in [0.15, 0.2) is 0 Å². The third-order valence-corrected chi connectivity index (χ3v) is 8.82. The lowest BCUT2D eigenvalue weighted by Crippen LogP contribution is -2.53. The van der Waals surface area contributed by atoms with Crippen LogP contribution in [0.2, 0.25) is 5.02 Å². The van der Waals surface area contributed by atoms with E-state index >= 15 is 0 Å². The van der Waals surface area contributed by atoms with Crippen LogP contribution in [0.3, 0.4) is 0 Å². The minimum atomic E-state index is -4.15. The van der Waals surface area contributed by atoms with Crippen molar-refractivity contribution in [3.05, 3.63) is 131 Å². The predicted molar refractivity (Wildman–Crippen MR) is 167 cm³/mol. The molecule has 7 nitrogen and oxygen atoms in total. The van der Waals surface area contributed by atoms with Crippen LogP contribution in [-0.2, 0) is 32.6 Å². The molecule has 9 heteroatoms. The highest BCUT2D eigenvalue weighted by atomic mass is 35.5. The Morgan fingerprint density at radius 2 is 1.45 bits per heavy atom. The van der Waals surface area contributed by atoms with Crippen molar-refractivity contribution in [2.75, 3.05) is 17.4 Å². The largest absolute Gasteiger partial charge is 0.355 e. The average Bonchev–Trinajstić information content (AvgIpc) is 2.99. The first-order chi connectivity index (χ1) is 20.2. The summed E-state index contributed by atoms with van der Waals surface area (Å²) in [5, 5.41) is 3.30. The molecule has 0 saturated carbocycles. The fourth-order valence-corrected chi connectivity index (χ4v) is 6.27. The van der Waals surface area contributed by atoms with Gasteiger partial charge in [0, 0.05) is 24.5 Å². The van der Waals surface area contributed by atoms with Gasteiger partial charge in [-0.2, -0.15) is 0 Å². The standard InChI is InChI=1S/C33H34ClN3O4S/c1-3-35-33(39)31(22-26-12-6-4-7-13-26)36(23-27-14-10-11-25(2)21-27)32(38)24-37(29-19-17-28(34)18-20-29)42(40,41)30-15-8-5-9-16-30/h4-21,31H,3,22-24H2,1-2H3,(H,35,39). The zero-order valence-corrected chi connectivity index (χ0v) is 25.2. The molecule has 1 N–H and O–H groups in total. The van der Waals surface area contributed by atoms with E-state index in [-0.39, 0.29) is 29.5 Å². The predicted octanol–water partition coefficient (Wildman–Crippen LogP) is 5.62. The van der Waals surface area contributed by atoms with E-state index in [9.17, 15) is 18.0 Å². The quantitative estimate of drug-likeness (QED) is 0.228. The fraction of sp³-hybridized carbons (Fsp3) is 0.212. The van der Waals surface area contributed by atoms with Gasteiger partial charge in [-0.15, -0.1) is 0 Å². The number of nitrogens with one attached hydrogen (secondary N) is 1. The zero-order chi connectivity index (χ0) is 30.1. The van der Waals surface area contributed by atoms with E-state index in [4.69, 9.17) is 11.6 Å². The van der Waals surface area contributed by atoms with E-state index in [1.807, 2.05) is 68.4 Å². The van der Waals surface area contributed by atoms with E-state index in [0.29, 0.717) is 11.6 Å². The van der Waals surface area contributed by atoms with Gasteiger partial charge in [0.05, 0.1) is 10.6 Å². The number of halogens is 1. The van der Waals surface area contributed by atoms with Crippen molar-refractivity contribution in [1.82, 2.24) is 10.2 Å². The summed E-state index contributed by atoms with van der Waals surface area (Å²) in [6.45, 7) is 3.76. The average molecular weight is 604 g/mol. The van der Waals surface area contributed by atoms with Crippen molar-refractivity contribution in [3.8, 4) is 0 Å². The first-order valence-electron chi connectivity index (χ1n) is 13.7. The van der Waals surface area contributed by atoms with Gasteiger partial charge in [-0.3, -0.25) is 13.9 Å². The van der Waals surface area contributed by atoms with E-state index in [1.54, 1.807) is 42.5 Å². The van der Waals surface area contributed by atoms with Gasteiger partial charge >= 0.3 is 0 Å². The number of hydrogen-bond acceptors (Lipinski definition) is 4. The van der Waals surface area contributed by atoms with Crippen molar-refractivity contribution < 1.29 is 18.0 Å². The number of likely N-dealkylation sites (N-methyl/N-ethyl adjacent to an activating group) is 1. The number of amides is 2. The van der Waals surface area contributed by atoms with Crippen LogP contribution in [0, 0.1) is 6.92 Å². The minimum absolute atomic E-state index is 0.0440. The molecule has 0 heterocycles. The number of hydrogen-bond donors (Lipinski definition) is 1. The van der Waals surface area contributed by atoms with E-state index < -0.39 is 28.5 Å². The Hall–Kier alpha value is -4.14. The SMILES string of the molecule is CCNC(=O)C(Cc1ccccc1)N(Cc1cccc(C)c1)C(=O)CN(c1ccc(Cl)cc1)S(=O)(=O)c1ccccc1. The molecular weight excluding hydrogens is 570 g/mol. The Bertz CT molecular complexity index is 1600. The molecular formula is C33H34ClN3O4S. The van der Waals surface area contributed by atoms with Crippen LogP contribution in [0.5, 0.6) is 0 Å². The van der Waals surface area contributed by atoms with Crippen LogP contribution in [0.4, 0.5) is 5.69 Å². The molecule has 42 heavy (non-hydrogen) atoms. The van der Waals surface area contributed by atoms with Gasteiger partial charge in [-0.25, -0.2) is 8.42 Å². The number of anilines is 1. The maximum Gasteiger partial charge on any atom is 0.264 e. The molecule has 0 saturated heterocycles. The van der Waals surface area contributed by atoms with Crippen molar-refractivity contribution >= 4 is 39.1 Å². The van der Waals surface area contributed by atoms with Crippen LogP contribution in [0.15, 0.2) is 114 Å². The monoisotopic (exact) mass is 603 g/mol. The first-order valence-corrected chi connectivity index (χ1v) is 15.5. The number of rotatable bonds is 12. The molecule has 0 aliphatic carbocycles. The van der Waals surface area contributed by atoms with E-state index in [1.165, 1.54) is 17.0 Å². The highest BCUT2D eigenvalue weighted by Gasteiger charge is 2.34. The lowest BCUT2D eigenvalue weighted by Gasteiger charge is -2.34. The summed E-state index contributed by atoms with van der Waals surface area (Å²) in [5.74, 6) is -0.829. The highest BCUT2D eigenvalue weighted by Crippen LogP contribution is 2.26. The van der Waals surface area contributed by atoms with Crippen LogP contribution in [0.25, 0.3) is 0 Å². The van der Waals surface area contributed by atoms with Gasteiger partial charge in [-0.1, -0.05) is 90.0 Å². The van der Waals surface area contributed by atoms with E-state index in [0.717, 1.165) is 21.0 Å². The van der Waals surface area contributed by atoms with Crippen LogP contribution < -0.4 is 9.62 Å². The summed E-state index contributed by atoms with van der Waals surface area (Å²) in [5.41, 5.74) is 2.99. The minimum Gasteiger partial charge on any atom is -0.355 e. The van der Waals surface area contributed by atoms with Gasteiger partial charge in [0.25, 0.3) is 10.0 Å². The third kappa shape index (κ3) is 7.78. The second-order valence-electron chi connectivity index (χ2n) is 9.91. The zero-order valence-electron chi connectivity index (χ0n) is 23.6. The molecule has 0 aliphatic heterocycles. The summed E-state index contributed by atoms with van der Waals surface area (Å²) >= 11 is 6.10. The Balaban J connectivity index is 1.78. The van der Waals surface area contributed by atoms with Crippen molar-refractivity contribution in [1.29, 1.82) is 0 Å². The topological polar surface area (TPSA) is 86.8 Å². The van der Waals surface area contributed by atoms with E-state index in [2.05, 4.69) is 5.32 Å². The summed E-state index contributed by atoms with van der Waals surface area (Å²) in [4.78, 5) is 29.4. The molecule has 2 amide bonds. The number of carbonyl (C=O) groups is 2.